The Morgan fingerprint density at radius 2 is 1.62 bits per heavy atom. The van der Waals surface area contributed by atoms with Crippen molar-refractivity contribution in [3.63, 3.8) is 0 Å². The number of hydrogen-bond donors (Lipinski definition) is 0. The Bertz CT molecular complexity index is 207. The van der Waals surface area contributed by atoms with Crippen molar-refractivity contribution in [3.05, 3.63) is 11.6 Å². The van der Waals surface area contributed by atoms with E-state index in [9.17, 15) is 4.79 Å². The number of carbonyl (C=O) groups is 1. The van der Waals surface area contributed by atoms with Crippen LogP contribution in [0.5, 0.6) is 0 Å². The van der Waals surface area contributed by atoms with Crippen molar-refractivity contribution >= 4 is 5.97 Å². The summed E-state index contributed by atoms with van der Waals surface area (Å²) in [5.74, 6) is -0.173. The van der Waals surface area contributed by atoms with Gasteiger partial charge in [-0.1, -0.05) is 51.5 Å². The molecule has 0 atom stereocenters. The number of unbranched alkanes of at least 4 members (excludes halogenated alkanes) is 6. The van der Waals surface area contributed by atoms with Crippen LogP contribution in [0.4, 0.5) is 0 Å². The molecule has 0 aliphatic heterocycles. The van der Waals surface area contributed by atoms with Crippen molar-refractivity contribution < 1.29 is 9.53 Å². The van der Waals surface area contributed by atoms with Gasteiger partial charge in [0.2, 0.25) is 0 Å². The molecule has 0 spiro atoms. The maximum absolute atomic E-state index is 11.3. The van der Waals surface area contributed by atoms with Gasteiger partial charge >= 0.3 is 5.97 Å². The third-order valence-electron chi connectivity index (χ3n) is 2.74. The number of allylic oxidation sites excluding steroid dienone is 1. The van der Waals surface area contributed by atoms with E-state index in [1.807, 2.05) is 6.92 Å². The van der Waals surface area contributed by atoms with Crippen molar-refractivity contribution in [1.82, 2.24) is 0 Å². The first-order valence-electron chi connectivity index (χ1n) is 6.52. The topological polar surface area (TPSA) is 26.3 Å². The number of esters is 1. The van der Waals surface area contributed by atoms with Gasteiger partial charge in [0.15, 0.2) is 0 Å². The van der Waals surface area contributed by atoms with Gasteiger partial charge in [-0.2, -0.15) is 0 Å². The molecule has 2 heteroatoms. The lowest BCUT2D eigenvalue weighted by Gasteiger charge is -2.04. The van der Waals surface area contributed by atoms with Crippen molar-refractivity contribution in [2.45, 2.75) is 65.7 Å². The molecular formula is C14H26O2. The van der Waals surface area contributed by atoms with E-state index in [-0.39, 0.29) is 5.97 Å². The van der Waals surface area contributed by atoms with E-state index in [4.69, 9.17) is 4.74 Å². The van der Waals surface area contributed by atoms with E-state index in [0.29, 0.717) is 12.2 Å². The summed E-state index contributed by atoms with van der Waals surface area (Å²) in [7, 11) is 0. The van der Waals surface area contributed by atoms with E-state index in [2.05, 4.69) is 6.92 Å². The van der Waals surface area contributed by atoms with Crippen LogP contribution >= 0.6 is 0 Å². The summed E-state index contributed by atoms with van der Waals surface area (Å²) in [5, 5.41) is 0. The maximum Gasteiger partial charge on any atom is 0.333 e. The zero-order chi connectivity index (χ0) is 12.2. The average molecular weight is 226 g/mol. The second-order valence-corrected chi connectivity index (χ2v) is 4.23. The molecular weight excluding hydrogens is 200 g/mol. The molecule has 0 aromatic carbocycles. The van der Waals surface area contributed by atoms with Crippen LogP contribution in [-0.2, 0) is 9.53 Å². The summed E-state index contributed by atoms with van der Waals surface area (Å²) in [6, 6.07) is 0. The van der Waals surface area contributed by atoms with E-state index < -0.39 is 0 Å². The van der Waals surface area contributed by atoms with Gasteiger partial charge < -0.3 is 4.74 Å². The van der Waals surface area contributed by atoms with Crippen LogP contribution in [0, 0.1) is 0 Å². The van der Waals surface area contributed by atoms with Gasteiger partial charge in [0.1, 0.15) is 0 Å². The number of hydrogen-bond acceptors (Lipinski definition) is 2. The van der Waals surface area contributed by atoms with Crippen molar-refractivity contribution in [2.75, 3.05) is 6.61 Å². The van der Waals surface area contributed by atoms with Crippen LogP contribution in [0.15, 0.2) is 11.6 Å². The van der Waals surface area contributed by atoms with E-state index in [0.717, 1.165) is 6.42 Å². The molecule has 0 N–H and O–H groups in total. The minimum Gasteiger partial charge on any atom is -0.462 e. The normalized spacial score (nSPS) is 11.6. The van der Waals surface area contributed by atoms with Gasteiger partial charge in [-0.05, 0) is 20.3 Å². The van der Waals surface area contributed by atoms with Gasteiger partial charge in [-0.15, -0.1) is 0 Å². The fraction of sp³-hybridized carbons (Fsp3) is 0.786. The summed E-state index contributed by atoms with van der Waals surface area (Å²) in [6.45, 7) is 6.43. The zero-order valence-corrected chi connectivity index (χ0v) is 11.1. The molecule has 2 nitrogen and oxygen atoms in total. The molecule has 0 unspecified atom stereocenters. The zero-order valence-electron chi connectivity index (χ0n) is 11.1. The lowest BCUT2D eigenvalue weighted by molar-refractivity contribution is -0.139. The van der Waals surface area contributed by atoms with Crippen molar-refractivity contribution in [2.24, 2.45) is 0 Å². The summed E-state index contributed by atoms with van der Waals surface area (Å²) < 4.78 is 5.12. The maximum atomic E-state index is 11.3. The highest BCUT2D eigenvalue weighted by Crippen LogP contribution is 2.07. The quantitative estimate of drug-likeness (QED) is 0.334. The molecule has 0 saturated heterocycles. The van der Waals surface area contributed by atoms with Gasteiger partial charge in [-0.25, -0.2) is 4.79 Å². The van der Waals surface area contributed by atoms with Crippen molar-refractivity contribution in [1.29, 1.82) is 0 Å². The number of ether oxygens (including phenoxy) is 1. The predicted octanol–water partition coefficient (Wildman–Crippen LogP) is 4.25. The third-order valence-corrected chi connectivity index (χ3v) is 2.74. The standard InChI is InChI=1S/C14H26O2/c1-4-6-7-8-9-10-11-12-16-14(15)13(3)5-2/h5H,4,6-12H2,1-3H3/b13-5+. The summed E-state index contributed by atoms with van der Waals surface area (Å²) >= 11 is 0. The Labute approximate surface area is 100 Å². The predicted molar refractivity (Wildman–Crippen MR) is 68.4 cm³/mol. The highest BCUT2D eigenvalue weighted by atomic mass is 16.5. The van der Waals surface area contributed by atoms with Gasteiger partial charge in [-0.3, -0.25) is 0 Å². The second kappa shape index (κ2) is 10.7. The molecule has 0 radical (unpaired) electrons. The molecule has 0 heterocycles. The number of carbonyl (C=O) groups excluding carboxylic acids is 1. The second-order valence-electron chi connectivity index (χ2n) is 4.23. The molecule has 0 bridgehead atoms. The Morgan fingerprint density at radius 1 is 1.06 bits per heavy atom. The molecule has 0 aliphatic rings. The third kappa shape index (κ3) is 8.51. The van der Waals surface area contributed by atoms with Crippen LogP contribution in [0.2, 0.25) is 0 Å². The first-order chi connectivity index (χ1) is 7.72. The largest absolute Gasteiger partial charge is 0.462 e. The van der Waals surface area contributed by atoms with E-state index in [1.165, 1.54) is 38.5 Å². The first kappa shape index (κ1) is 15.2. The van der Waals surface area contributed by atoms with Gasteiger partial charge in [0.25, 0.3) is 0 Å². The molecule has 0 saturated carbocycles. The molecule has 16 heavy (non-hydrogen) atoms. The first-order valence-corrected chi connectivity index (χ1v) is 6.52. The van der Waals surface area contributed by atoms with Crippen LogP contribution in [0.1, 0.15) is 65.7 Å². The van der Waals surface area contributed by atoms with Crippen LogP contribution in [-0.4, -0.2) is 12.6 Å². The molecule has 0 aliphatic carbocycles. The van der Waals surface area contributed by atoms with E-state index >= 15 is 0 Å². The fourth-order valence-electron chi connectivity index (χ4n) is 1.46. The molecule has 0 amide bonds. The monoisotopic (exact) mass is 226 g/mol. The Balaban J connectivity index is 3.24. The smallest absolute Gasteiger partial charge is 0.333 e. The summed E-state index contributed by atoms with van der Waals surface area (Å²) in [6.07, 6.45) is 10.5. The molecule has 0 rings (SSSR count). The highest BCUT2D eigenvalue weighted by molar-refractivity contribution is 5.87. The van der Waals surface area contributed by atoms with Gasteiger partial charge in [0.05, 0.1) is 6.61 Å². The van der Waals surface area contributed by atoms with Crippen LogP contribution < -0.4 is 0 Å². The van der Waals surface area contributed by atoms with Crippen molar-refractivity contribution in [3.8, 4) is 0 Å². The van der Waals surface area contributed by atoms with Crippen LogP contribution in [0.3, 0.4) is 0 Å². The SMILES string of the molecule is C/C=C(\C)C(=O)OCCCCCCCCC. The molecule has 94 valence electrons. The molecule has 0 aromatic rings. The molecule has 0 fully saturated rings. The lowest BCUT2D eigenvalue weighted by Crippen LogP contribution is -2.06. The van der Waals surface area contributed by atoms with Crippen LogP contribution in [0.25, 0.3) is 0 Å². The number of rotatable bonds is 9. The minimum atomic E-state index is -0.173. The Morgan fingerprint density at radius 3 is 2.19 bits per heavy atom. The van der Waals surface area contributed by atoms with Gasteiger partial charge in [0, 0.05) is 5.57 Å². The Kier molecular flexibility index (Phi) is 10.2. The average Bonchev–Trinajstić information content (AvgIpc) is 2.31. The minimum absolute atomic E-state index is 0.173. The van der Waals surface area contributed by atoms with E-state index in [1.54, 1.807) is 13.0 Å². The Hall–Kier alpha value is -0.790. The molecule has 0 aromatic heterocycles. The highest BCUT2D eigenvalue weighted by Gasteiger charge is 2.03. The lowest BCUT2D eigenvalue weighted by atomic mass is 10.1. The summed E-state index contributed by atoms with van der Waals surface area (Å²) in [5.41, 5.74) is 0.697. The fourth-order valence-corrected chi connectivity index (χ4v) is 1.46. The summed E-state index contributed by atoms with van der Waals surface area (Å²) in [4.78, 5) is 11.3.